The molecule has 2 aromatic rings. The number of fused-ring (bicyclic) bond motifs is 3. The molecule has 35 heavy (non-hydrogen) atoms. The van der Waals surface area contributed by atoms with E-state index in [0.29, 0.717) is 11.7 Å². The molecular formula is C25H29N3O5S2. The van der Waals surface area contributed by atoms with Crippen LogP contribution in [0.1, 0.15) is 24.0 Å². The Bertz CT molecular complexity index is 1270. The van der Waals surface area contributed by atoms with E-state index in [1.165, 1.54) is 17.8 Å². The van der Waals surface area contributed by atoms with Gasteiger partial charge >= 0.3 is 0 Å². The zero-order valence-electron chi connectivity index (χ0n) is 19.7. The van der Waals surface area contributed by atoms with Gasteiger partial charge in [0.15, 0.2) is 5.37 Å². The number of carbonyl (C=O) groups is 1. The lowest BCUT2D eigenvalue weighted by Gasteiger charge is -2.45. The summed E-state index contributed by atoms with van der Waals surface area (Å²) in [6.45, 7) is 4.83. The average Bonchev–Trinajstić information content (AvgIpc) is 3.30. The van der Waals surface area contributed by atoms with E-state index in [1.54, 1.807) is 30.3 Å². The number of nitrogens with one attached hydrogen (secondary N) is 1. The summed E-state index contributed by atoms with van der Waals surface area (Å²) in [6.07, 6.45) is 3.93. The van der Waals surface area contributed by atoms with Gasteiger partial charge in [0.2, 0.25) is 0 Å². The molecule has 2 atom stereocenters. The number of nitrogens with zero attached hydrogens (tertiary/aromatic N) is 2. The molecule has 10 heteroatoms. The van der Waals surface area contributed by atoms with Crippen molar-refractivity contribution in [1.82, 2.24) is 10.2 Å². The minimum Gasteiger partial charge on any atom is -0.497 e. The summed E-state index contributed by atoms with van der Waals surface area (Å²) in [5.41, 5.74) is 1.95. The second-order valence-corrected chi connectivity index (χ2v) is 11.8. The number of anilines is 1. The number of carbonyl (C=O) groups excluding carboxylic acids is 1. The fourth-order valence-electron chi connectivity index (χ4n) is 5.13. The normalized spacial score (nSPS) is 25.9. The van der Waals surface area contributed by atoms with Crippen LogP contribution in [-0.4, -0.2) is 61.9 Å². The predicted octanol–water partition coefficient (Wildman–Crippen LogP) is 3.34. The second-order valence-electron chi connectivity index (χ2n) is 9.30. The first-order valence-corrected chi connectivity index (χ1v) is 14.0. The largest absolute Gasteiger partial charge is 0.497 e. The molecule has 2 aromatic carbocycles. The summed E-state index contributed by atoms with van der Waals surface area (Å²) >= 11 is 1.36. The molecule has 0 aromatic heterocycles. The number of thioether (sulfide) groups is 1. The highest BCUT2D eigenvalue weighted by Crippen LogP contribution is 2.44. The summed E-state index contributed by atoms with van der Waals surface area (Å²) < 4.78 is 39.7. The highest BCUT2D eigenvalue weighted by atomic mass is 32.2. The van der Waals surface area contributed by atoms with Crippen molar-refractivity contribution in [3.63, 3.8) is 0 Å². The van der Waals surface area contributed by atoms with E-state index in [9.17, 15) is 17.8 Å². The molecule has 2 N–H and O–H groups in total. The van der Waals surface area contributed by atoms with Gasteiger partial charge in [-0.1, -0.05) is 30.0 Å². The quantitative estimate of drug-likeness (QED) is 0.566. The third-order valence-electron chi connectivity index (χ3n) is 6.98. The van der Waals surface area contributed by atoms with Crippen LogP contribution in [0.15, 0.2) is 53.6 Å². The number of rotatable bonds is 6. The lowest BCUT2D eigenvalue weighted by atomic mass is 9.84. The number of methoxy groups -OCH3 is 1. The third-order valence-corrected chi connectivity index (χ3v) is 9.14. The summed E-state index contributed by atoms with van der Waals surface area (Å²) in [6, 6.07) is 12.3. The molecule has 1 unspecified atom stereocenters. The molecule has 0 aliphatic carbocycles. The highest BCUT2D eigenvalue weighted by Gasteiger charge is 2.40. The molecule has 4 heterocycles. The van der Waals surface area contributed by atoms with Gasteiger partial charge in [-0.05, 0) is 74.2 Å². The lowest BCUT2D eigenvalue weighted by molar-refractivity contribution is -0.122. The van der Waals surface area contributed by atoms with Crippen molar-refractivity contribution in [3.05, 3.63) is 59.8 Å². The van der Waals surface area contributed by atoms with E-state index in [0.717, 1.165) is 48.5 Å². The summed E-state index contributed by atoms with van der Waals surface area (Å²) in [5.74, 6) is 0.970. The molecule has 0 spiro atoms. The maximum atomic E-state index is 13.7. The van der Waals surface area contributed by atoms with Crippen LogP contribution in [0.25, 0.3) is 4.91 Å². The maximum absolute atomic E-state index is 13.7. The van der Waals surface area contributed by atoms with Gasteiger partial charge in [-0.15, -0.1) is 0 Å². The van der Waals surface area contributed by atoms with Crippen molar-refractivity contribution in [2.75, 3.05) is 31.6 Å². The number of hydrogen-bond donors (Lipinski definition) is 2. The van der Waals surface area contributed by atoms with E-state index in [1.807, 2.05) is 31.2 Å². The molecule has 3 saturated heterocycles. The Morgan fingerprint density at radius 3 is 2.60 bits per heavy atom. The Labute approximate surface area is 210 Å². The topological polar surface area (TPSA) is 99.2 Å². The molecule has 6 rings (SSSR count). The number of benzene rings is 2. The molecule has 186 valence electrons. The van der Waals surface area contributed by atoms with E-state index >= 15 is 0 Å². The number of ether oxygens (including phenoxy) is 1. The molecular weight excluding hydrogens is 486 g/mol. The third kappa shape index (κ3) is 4.93. The first kappa shape index (κ1) is 24.2. The van der Waals surface area contributed by atoms with Crippen molar-refractivity contribution >= 4 is 38.4 Å². The highest BCUT2D eigenvalue weighted by molar-refractivity contribution is 8.09. The maximum Gasteiger partial charge on any atom is 0.296 e. The van der Waals surface area contributed by atoms with Crippen molar-refractivity contribution in [2.45, 2.75) is 36.1 Å². The number of piperidine rings is 3. The van der Waals surface area contributed by atoms with Crippen molar-refractivity contribution in [3.8, 4) is 5.75 Å². The van der Waals surface area contributed by atoms with Crippen LogP contribution in [0.2, 0.25) is 0 Å². The van der Waals surface area contributed by atoms with Gasteiger partial charge in [-0.2, -0.15) is 8.42 Å². The summed E-state index contributed by atoms with van der Waals surface area (Å²) in [5, 5.41) is 2.52. The van der Waals surface area contributed by atoms with Gasteiger partial charge in [-0.25, -0.2) is 0 Å². The van der Waals surface area contributed by atoms with Gasteiger partial charge in [0, 0.05) is 23.7 Å². The first-order valence-electron chi connectivity index (χ1n) is 11.6. The summed E-state index contributed by atoms with van der Waals surface area (Å²) in [7, 11) is -2.91. The van der Waals surface area contributed by atoms with Crippen LogP contribution < -0.4 is 15.0 Å². The van der Waals surface area contributed by atoms with Gasteiger partial charge in [-0.3, -0.25) is 9.35 Å². The molecule has 4 aliphatic rings. The minimum absolute atomic E-state index is 0.0758. The van der Waals surface area contributed by atoms with Gasteiger partial charge < -0.3 is 19.9 Å². The smallest absolute Gasteiger partial charge is 0.296 e. The van der Waals surface area contributed by atoms with E-state index in [4.69, 9.17) is 4.74 Å². The first-order chi connectivity index (χ1) is 16.7. The fourth-order valence-corrected chi connectivity index (χ4v) is 6.94. The Hall–Kier alpha value is -2.53. The molecule has 1 amide bonds. The van der Waals surface area contributed by atoms with Crippen LogP contribution in [0.4, 0.5) is 5.69 Å². The predicted molar refractivity (Wildman–Crippen MR) is 137 cm³/mol. The van der Waals surface area contributed by atoms with Crippen LogP contribution in [-0.2, 0) is 14.9 Å². The van der Waals surface area contributed by atoms with Crippen molar-refractivity contribution < 1.29 is 22.5 Å². The van der Waals surface area contributed by atoms with E-state index < -0.39 is 15.5 Å². The molecule has 4 aliphatic heterocycles. The van der Waals surface area contributed by atoms with Crippen LogP contribution >= 0.6 is 11.8 Å². The molecule has 8 nitrogen and oxygen atoms in total. The van der Waals surface area contributed by atoms with Gasteiger partial charge in [0.1, 0.15) is 10.6 Å². The van der Waals surface area contributed by atoms with E-state index in [2.05, 4.69) is 10.2 Å². The van der Waals surface area contributed by atoms with Gasteiger partial charge in [0.25, 0.3) is 16.0 Å². The second kappa shape index (κ2) is 9.50. The zero-order chi connectivity index (χ0) is 24.7. The Morgan fingerprint density at radius 1 is 1.17 bits per heavy atom. The summed E-state index contributed by atoms with van der Waals surface area (Å²) in [4.78, 5) is 18.3. The molecule has 3 fully saturated rings. The number of hydrogen-bond acceptors (Lipinski definition) is 7. The Balaban J connectivity index is 1.52. The van der Waals surface area contributed by atoms with Crippen molar-refractivity contribution in [1.29, 1.82) is 0 Å². The molecule has 0 saturated carbocycles. The van der Waals surface area contributed by atoms with Crippen LogP contribution in [0.3, 0.4) is 0 Å². The monoisotopic (exact) mass is 515 g/mol. The minimum atomic E-state index is -4.50. The average molecular weight is 516 g/mol. The van der Waals surface area contributed by atoms with Crippen LogP contribution in [0, 0.1) is 12.8 Å². The lowest BCUT2D eigenvalue weighted by Crippen LogP contribution is -2.59. The van der Waals surface area contributed by atoms with Crippen molar-refractivity contribution in [2.24, 2.45) is 5.92 Å². The number of amides is 1. The number of aryl methyl sites for hydroxylation is 1. The molecule has 0 radical (unpaired) electrons. The van der Waals surface area contributed by atoms with Gasteiger partial charge in [0.05, 0.1) is 12.8 Å². The Morgan fingerprint density at radius 2 is 1.94 bits per heavy atom. The zero-order valence-corrected chi connectivity index (χ0v) is 21.3. The fraction of sp³-hybridized carbons (Fsp3) is 0.400. The SMILES string of the molecule is COc1cccc(C2=CN(c3cc(C)ccc3S(=O)(=O)O)C(C(=O)N[C@H]3CN4CCC3CC4)S2)c1. The van der Waals surface area contributed by atoms with Crippen LogP contribution in [0.5, 0.6) is 5.75 Å². The standard InChI is InChI=1S/C25H29N3O5S2/c1-16-6-7-23(35(30,31)32)21(12-16)28-15-22(18-4-3-5-19(13-18)33-2)34-25(28)24(29)26-20-14-27-10-8-17(20)9-11-27/h3-7,12-13,15,17,20,25H,8-11,14H2,1-2H3,(H,26,29)(H,30,31,32)/t20-,25?/m0/s1. The Kier molecular flexibility index (Phi) is 6.56. The molecule has 2 bridgehead atoms. The van der Waals surface area contributed by atoms with E-state index in [-0.39, 0.29) is 22.5 Å².